The monoisotopic (exact) mass is 399 g/mol. The molecule has 0 spiro atoms. The molecule has 25 heavy (non-hydrogen) atoms. The van der Waals surface area contributed by atoms with Crippen LogP contribution in [-0.2, 0) is 0 Å². The lowest BCUT2D eigenvalue weighted by molar-refractivity contribution is -0.0252. The van der Waals surface area contributed by atoms with Gasteiger partial charge in [-0.25, -0.2) is 0 Å². The van der Waals surface area contributed by atoms with Gasteiger partial charge in [-0.3, -0.25) is 4.79 Å². The smallest absolute Gasteiger partial charge is 0.191 e. The summed E-state index contributed by atoms with van der Waals surface area (Å²) in [5.41, 5.74) is 0.170. The van der Waals surface area contributed by atoms with E-state index in [2.05, 4.69) is 48.8 Å². The Kier molecular flexibility index (Phi) is 3.51. The maximum atomic E-state index is 13.7. The van der Waals surface area contributed by atoms with E-state index in [4.69, 9.17) is 4.74 Å². The molecule has 0 saturated heterocycles. The summed E-state index contributed by atoms with van der Waals surface area (Å²) in [6, 6.07) is 7.97. The average Bonchev–Trinajstić information content (AvgIpc) is 2.55. The van der Waals surface area contributed by atoms with Crippen LogP contribution in [-0.4, -0.2) is 11.9 Å². The third-order valence-corrected chi connectivity index (χ3v) is 7.17. The number of hydrogen-bond acceptors (Lipinski definition) is 3. The molecule has 3 atom stereocenters. The van der Waals surface area contributed by atoms with E-state index in [0.717, 1.165) is 23.7 Å². The molecule has 1 aliphatic heterocycles. The van der Waals surface area contributed by atoms with Crippen LogP contribution in [0.25, 0.3) is 0 Å². The van der Waals surface area contributed by atoms with E-state index in [9.17, 15) is 10.1 Å². The van der Waals surface area contributed by atoms with Gasteiger partial charge in [0.1, 0.15) is 11.9 Å². The molecule has 0 radical (unpaired) electrons. The standard InChI is InChI=1S/C21H22BrNO2/c1-19(2)9-4-10-20(3)16(19)7-8-17-21(20,12-23)18(24)14-11-13(22)5-6-15(14)25-17/h5-7,11,17H,4,8-10H2,1-3H3/t17-,20-,21+/m0/s1. The highest BCUT2D eigenvalue weighted by atomic mass is 79.9. The molecule has 0 bridgehead atoms. The molecule has 1 fully saturated rings. The van der Waals surface area contributed by atoms with Crippen LogP contribution in [0.3, 0.4) is 0 Å². The van der Waals surface area contributed by atoms with Crippen LogP contribution in [0.15, 0.2) is 34.3 Å². The highest BCUT2D eigenvalue weighted by molar-refractivity contribution is 9.10. The number of carbonyl (C=O) groups excluding carboxylic acids is 1. The van der Waals surface area contributed by atoms with E-state index in [-0.39, 0.29) is 11.2 Å². The topological polar surface area (TPSA) is 50.1 Å². The number of Topliss-reactive ketones (excluding diaryl/α,β-unsaturated/α-hetero) is 1. The van der Waals surface area contributed by atoms with E-state index in [1.54, 1.807) is 6.07 Å². The Balaban J connectivity index is 1.96. The molecule has 0 unspecified atom stereocenters. The zero-order valence-electron chi connectivity index (χ0n) is 14.9. The lowest BCUT2D eigenvalue weighted by Gasteiger charge is -2.58. The molecule has 3 aliphatic rings. The van der Waals surface area contributed by atoms with E-state index in [1.807, 2.05) is 12.1 Å². The molecular weight excluding hydrogens is 378 g/mol. The average molecular weight is 400 g/mol. The van der Waals surface area contributed by atoms with Crippen LogP contribution in [0, 0.1) is 27.6 Å². The molecule has 4 rings (SSSR count). The Morgan fingerprint density at radius 3 is 2.76 bits per heavy atom. The van der Waals surface area contributed by atoms with Crippen LogP contribution in [0.1, 0.15) is 56.8 Å². The van der Waals surface area contributed by atoms with Gasteiger partial charge in [-0.05, 0) is 36.5 Å². The minimum absolute atomic E-state index is 0.0135. The number of rotatable bonds is 0. The molecule has 4 heteroatoms. The number of halogens is 1. The van der Waals surface area contributed by atoms with Gasteiger partial charge in [-0.2, -0.15) is 5.26 Å². The van der Waals surface area contributed by atoms with Gasteiger partial charge >= 0.3 is 0 Å². The fourth-order valence-electron chi connectivity index (χ4n) is 5.50. The van der Waals surface area contributed by atoms with Crippen molar-refractivity contribution in [3.63, 3.8) is 0 Å². The Morgan fingerprint density at radius 2 is 2.04 bits per heavy atom. The van der Waals surface area contributed by atoms with Crippen molar-refractivity contribution >= 4 is 21.7 Å². The van der Waals surface area contributed by atoms with Gasteiger partial charge in [0.25, 0.3) is 0 Å². The number of hydrogen-bond donors (Lipinski definition) is 0. The van der Waals surface area contributed by atoms with Gasteiger partial charge in [-0.1, -0.05) is 54.8 Å². The van der Waals surface area contributed by atoms with Crippen molar-refractivity contribution < 1.29 is 9.53 Å². The van der Waals surface area contributed by atoms with Crippen LogP contribution in [0.2, 0.25) is 0 Å². The number of fused-ring (bicyclic) bond motifs is 4. The Hall–Kier alpha value is -1.60. The van der Waals surface area contributed by atoms with Gasteiger partial charge in [0.05, 0.1) is 11.6 Å². The summed E-state index contributed by atoms with van der Waals surface area (Å²) in [7, 11) is 0. The zero-order valence-corrected chi connectivity index (χ0v) is 16.4. The second-order valence-electron chi connectivity index (χ2n) is 8.42. The van der Waals surface area contributed by atoms with Crippen molar-refractivity contribution in [1.82, 2.24) is 0 Å². The maximum Gasteiger partial charge on any atom is 0.191 e. The number of nitriles is 1. The molecule has 3 nitrogen and oxygen atoms in total. The zero-order chi connectivity index (χ0) is 18.0. The van der Waals surface area contributed by atoms with E-state index in [1.165, 1.54) is 5.57 Å². The third-order valence-electron chi connectivity index (χ3n) is 6.68. The normalized spacial score (nSPS) is 35.4. The first-order valence-corrected chi connectivity index (χ1v) is 9.69. The van der Waals surface area contributed by atoms with E-state index < -0.39 is 16.9 Å². The quantitative estimate of drug-likeness (QED) is 0.544. The minimum atomic E-state index is -1.15. The highest BCUT2D eigenvalue weighted by Gasteiger charge is 2.67. The Morgan fingerprint density at radius 1 is 1.28 bits per heavy atom. The molecule has 0 amide bonds. The molecule has 0 aromatic heterocycles. The molecular formula is C21H22BrNO2. The summed E-state index contributed by atoms with van der Waals surface area (Å²) in [4.78, 5) is 13.7. The summed E-state index contributed by atoms with van der Waals surface area (Å²) >= 11 is 3.44. The Bertz CT molecular complexity index is 850. The lowest BCUT2D eigenvalue weighted by Crippen LogP contribution is -2.62. The van der Waals surface area contributed by atoms with Crippen molar-refractivity contribution in [2.45, 2.75) is 52.6 Å². The van der Waals surface area contributed by atoms with Gasteiger partial charge < -0.3 is 4.74 Å². The first-order valence-electron chi connectivity index (χ1n) is 8.90. The number of ketones is 1. The number of allylic oxidation sites excluding steroid dienone is 1. The molecule has 130 valence electrons. The van der Waals surface area contributed by atoms with Crippen molar-refractivity contribution in [3.05, 3.63) is 39.9 Å². The largest absolute Gasteiger partial charge is 0.487 e. The summed E-state index contributed by atoms with van der Waals surface area (Å²) in [5, 5.41) is 10.3. The number of ether oxygens (including phenoxy) is 1. The van der Waals surface area contributed by atoms with Crippen molar-refractivity contribution in [3.8, 4) is 11.8 Å². The van der Waals surface area contributed by atoms with E-state index >= 15 is 0 Å². The van der Waals surface area contributed by atoms with E-state index in [0.29, 0.717) is 17.7 Å². The maximum absolute atomic E-state index is 13.7. The molecule has 0 N–H and O–H groups in total. The van der Waals surface area contributed by atoms with Gasteiger partial charge in [0, 0.05) is 16.3 Å². The summed E-state index contributed by atoms with van der Waals surface area (Å²) in [5.74, 6) is 0.521. The number of nitrogens with zero attached hydrogens (tertiary/aromatic N) is 1. The minimum Gasteiger partial charge on any atom is -0.487 e. The first-order chi connectivity index (χ1) is 11.8. The number of carbonyl (C=O) groups is 1. The first kappa shape index (κ1) is 16.8. The molecule has 1 aromatic carbocycles. The SMILES string of the molecule is CC1(C)CCC[C@@]2(C)C1=CC[C@@H]1Oc3ccc(Br)cc3C(=O)[C@@]12C#N. The Labute approximate surface area is 157 Å². The lowest BCUT2D eigenvalue weighted by atomic mass is 9.45. The second kappa shape index (κ2) is 5.20. The van der Waals surface area contributed by atoms with Gasteiger partial charge in [0.15, 0.2) is 11.2 Å². The van der Waals surface area contributed by atoms with Gasteiger partial charge in [-0.15, -0.1) is 0 Å². The summed E-state index contributed by atoms with van der Waals surface area (Å²) < 4.78 is 7.06. The van der Waals surface area contributed by atoms with Crippen molar-refractivity contribution in [1.29, 1.82) is 5.26 Å². The van der Waals surface area contributed by atoms with Crippen LogP contribution in [0.5, 0.6) is 5.75 Å². The predicted molar refractivity (Wildman–Crippen MR) is 99.4 cm³/mol. The van der Waals surface area contributed by atoms with Gasteiger partial charge in [0.2, 0.25) is 0 Å². The van der Waals surface area contributed by atoms with Crippen molar-refractivity contribution in [2.75, 3.05) is 0 Å². The molecule has 1 saturated carbocycles. The van der Waals surface area contributed by atoms with Crippen molar-refractivity contribution in [2.24, 2.45) is 16.2 Å². The summed E-state index contributed by atoms with van der Waals surface area (Å²) in [6.45, 7) is 6.58. The second-order valence-corrected chi connectivity index (χ2v) is 9.33. The summed E-state index contributed by atoms with van der Waals surface area (Å²) in [6.07, 6.45) is 5.42. The molecule has 1 heterocycles. The molecule has 2 aliphatic carbocycles. The van der Waals surface area contributed by atoms with Crippen LogP contribution < -0.4 is 4.74 Å². The van der Waals surface area contributed by atoms with Crippen LogP contribution in [0.4, 0.5) is 0 Å². The third kappa shape index (κ3) is 1.99. The number of benzene rings is 1. The molecule has 1 aromatic rings. The van der Waals surface area contributed by atoms with Crippen LogP contribution >= 0.6 is 15.9 Å². The fraction of sp³-hybridized carbons (Fsp3) is 0.524. The highest BCUT2D eigenvalue weighted by Crippen LogP contribution is 2.64. The fourth-order valence-corrected chi connectivity index (χ4v) is 5.86. The predicted octanol–water partition coefficient (Wildman–Crippen LogP) is 5.45.